The van der Waals surface area contributed by atoms with E-state index in [1.54, 1.807) is 0 Å². The highest BCUT2D eigenvalue weighted by Gasteiger charge is 2.16. The Labute approximate surface area is 286 Å². The van der Waals surface area contributed by atoms with Crippen LogP contribution in [-0.4, -0.2) is 88.7 Å². The van der Waals surface area contributed by atoms with Crippen LogP contribution in [0.3, 0.4) is 0 Å². The Hall–Kier alpha value is -4.24. The highest BCUT2D eigenvalue weighted by atomic mass is 16.5. The molecule has 0 aromatic heterocycles. The molecule has 1 saturated heterocycles. The summed E-state index contributed by atoms with van der Waals surface area (Å²) in [5.41, 5.74) is 4.55. The maximum Gasteiger partial charge on any atom is 0.108 e. The molecule has 1 aliphatic heterocycles. The minimum absolute atomic E-state index is 0.107. The number of hydrogen-bond donors (Lipinski definition) is 0. The van der Waals surface area contributed by atoms with E-state index in [0.717, 1.165) is 61.5 Å². The first-order valence-electron chi connectivity index (χ1n) is 16.8. The molecule has 1 aliphatic rings. The minimum atomic E-state index is -0.107. The molecule has 5 rings (SSSR count). The maximum atomic E-state index is 6.21. The third-order valence-electron chi connectivity index (χ3n) is 8.10. The summed E-state index contributed by atoms with van der Waals surface area (Å²) in [6, 6.07) is 41.2. The molecule has 6 heteroatoms. The normalized spacial score (nSPS) is 13.5. The molecule has 4 aromatic rings. The number of rotatable bonds is 16. The predicted octanol–water partition coefficient (Wildman–Crippen LogP) is 6.26. The van der Waals surface area contributed by atoms with E-state index in [1.165, 1.54) is 0 Å². The van der Waals surface area contributed by atoms with E-state index in [0.29, 0.717) is 39.6 Å². The largest absolute Gasteiger partial charge is 0.366 e. The van der Waals surface area contributed by atoms with Gasteiger partial charge in [0.25, 0.3) is 0 Å². The van der Waals surface area contributed by atoms with Crippen molar-refractivity contribution in [1.82, 2.24) is 9.80 Å². The Balaban J connectivity index is 0.895. The molecule has 0 amide bonds. The van der Waals surface area contributed by atoms with Crippen LogP contribution in [0.15, 0.2) is 121 Å². The van der Waals surface area contributed by atoms with Gasteiger partial charge in [0.2, 0.25) is 0 Å². The third kappa shape index (κ3) is 12.1. The van der Waals surface area contributed by atoms with Crippen LogP contribution in [-0.2, 0) is 18.9 Å². The van der Waals surface area contributed by atoms with E-state index in [4.69, 9.17) is 18.9 Å². The summed E-state index contributed by atoms with van der Waals surface area (Å²) in [5.74, 6) is 12.8. The SMILES string of the molecule is C(#CCN1CCN(CC#CCOCCOC(c2ccccc2)c2ccccc2)CC1)COCCOC(c1ccccc1)c1ccccc1. The Morgan fingerprint density at radius 2 is 0.729 bits per heavy atom. The lowest BCUT2D eigenvalue weighted by Crippen LogP contribution is -2.46. The van der Waals surface area contributed by atoms with Crippen LogP contribution in [0.25, 0.3) is 0 Å². The molecule has 6 nitrogen and oxygen atoms in total. The first-order chi connectivity index (χ1) is 23.9. The van der Waals surface area contributed by atoms with Gasteiger partial charge in [-0.3, -0.25) is 9.80 Å². The van der Waals surface area contributed by atoms with Gasteiger partial charge in [-0.2, -0.15) is 0 Å². The van der Waals surface area contributed by atoms with Gasteiger partial charge in [0, 0.05) is 26.2 Å². The second-order valence-electron chi connectivity index (χ2n) is 11.5. The number of nitrogens with zero attached hydrogens (tertiary/aromatic N) is 2. The van der Waals surface area contributed by atoms with Gasteiger partial charge in [-0.05, 0) is 22.3 Å². The zero-order chi connectivity index (χ0) is 32.9. The molecule has 0 unspecified atom stereocenters. The van der Waals surface area contributed by atoms with Gasteiger partial charge < -0.3 is 18.9 Å². The first kappa shape index (κ1) is 35.1. The van der Waals surface area contributed by atoms with Crippen LogP contribution in [0.1, 0.15) is 34.5 Å². The summed E-state index contributed by atoms with van der Waals surface area (Å²) >= 11 is 0. The quantitative estimate of drug-likeness (QED) is 0.106. The minimum Gasteiger partial charge on any atom is -0.366 e. The fraction of sp³-hybridized carbons (Fsp3) is 0.333. The van der Waals surface area contributed by atoms with Gasteiger partial charge in [-0.15, -0.1) is 0 Å². The van der Waals surface area contributed by atoms with E-state index in [1.807, 2.05) is 72.8 Å². The first-order valence-corrected chi connectivity index (χ1v) is 16.8. The highest BCUT2D eigenvalue weighted by Crippen LogP contribution is 2.26. The van der Waals surface area contributed by atoms with Crippen molar-refractivity contribution in [3.63, 3.8) is 0 Å². The molecule has 0 radical (unpaired) electrons. The smallest absolute Gasteiger partial charge is 0.108 e. The van der Waals surface area contributed by atoms with Crippen molar-refractivity contribution >= 4 is 0 Å². The zero-order valence-corrected chi connectivity index (χ0v) is 27.7. The second kappa shape index (κ2) is 20.9. The Bertz CT molecular complexity index is 1350. The summed E-state index contributed by atoms with van der Waals surface area (Å²) in [5, 5.41) is 0. The van der Waals surface area contributed by atoms with Gasteiger partial charge in [0.1, 0.15) is 25.4 Å². The topological polar surface area (TPSA) is 43.4 Å². The molecule has 248 valence electrons. The molecule has 48 heavy (non-hydrogen) atoms. The van der Waals surface area contributed by atoms with Gasteiger partial charge in [0.15, 0.2) is 0 Å². The van der Waals surface area contributed by atoms with Gasteiger partial charge in [-0.1, -0.05) is 145 Å². The van der Waals surface area contributed by atoms with E-state index in [9.17, 15) is 0 Å². The molecule has 0 aliphatic carbocycles. The van der Waals surface area contributed by atoms with Crippen LogP contribution >= 0.6 is 0 Å². The van der Waals surface area contributed by atoms with Crippen LogP contribution < -0.4 is 0 Å². The monoisotopic (exact) mass is 642 g/mol. The third-order valence-corrected chi connectivity index (χ3v) is 8.10. The fourth-order valence-electron chi connectivity index (χ4n) is 5.52. The Kier molecular flexibility index (Phi) is 15.3. The number of ether oxygens (including phenoxy) is 4. The van der Waals surface area contributed by atoms with Crippen molar-refractivity contribution in [3.05, 3.63) is 144 Å². The van der Waals surface area contributed by atoms with Crippen molar-refractivity contribution < 1.29 is 18.9 Å². The highest BCUT2D eigenvalue weighted by molar-refractivity contribution is 5.31. The van der Waals surface area contributed by atoms with E-state index < -0.39 is 0 Å². The molecular weight excluding hydrogens is 596 g/mol. The number of piperazine rings is 1. The second-order valence-corrected chi connectivity index (χ2v) is 11.5. The molecule has 1 fully saturated rings. The summed E-state index contributed by atoms with van der Waals surface area (Å²) in [6.07, 6.45) is -0.214. The van der Waals surface area contributed by atoms with Crippen molar-refractivity contribution in [2.45, 2.75) is 12.2 Å². The maximum absolute atomic E-state index is 6.21. The molecule has 0 bridgehead atoms. The van der Waals surface area contributed by atoms with Gasteiger partial charge in [-0.25, -0.2) is 0 Å². The van der Waals surface area contributed by atoms with Crippen molar-refractivity contribution in [3.8, 4) is 23.7 Å². The summed E-state index contributed by atoms with van der Waals surface area (Å²) in [6.45, 7) is 8.32. The molecule has 4 aromatic carbocycles. The van der Waals surface area contributed by atoms with Crippen molar-refractivity contribution in [2.24, 2.45) is 0 Å². The average Bonchev–Trinajstić information content (AvgIpc) is 3.15. The number of benzene rings is 4. The van der Waals surface area contributed by atoms with E-state index >= 15 is 0 Å². The van der Waals surface area contributed by atoms with Crippen LogP contribution in [0.4, 0.5) is 0 Å². The number of hydrogen-bond acceptors (Lipinski definition) is 6. The van der Waals surface area contributed by atoms with E-state index in [2.05, 4.69) is 82.0 Å². The Morgan fingerprint density at radius 1 is 0.417 bits per heavy atom. The lowest BCUT2D eigenvalue weighted by atomic mass is 10.0. The van der Waals surface area contributed by atoms with Crippen molar-refractivity contribution in [1.29, 1.82) is 0 Å². The predicted molar refractivity (Wildman–Crippen MR) is 191 cm³/mol. The molecule has 0 atom stereocenters. The molecule has 0 N–H and O–H groups in total. The van der Waals surface area contributed by atoms with Crippen LogP contribution in [0.5, 0.6) is 0 Å². The van der Waals surface area contributed by atoms with Gasteiger partial charge >= 0.3 is 0 Å². The molecule has 0 spiro atoms. The summed E-state index contributed by atoms with van der Waals surface area (Å²) < 4.78 is 23.9. The molecular formula is C42H46N2O4. The van der Waals surface area contributed by atoms with Gasteiger partial charge in [0.05, 0.1) is 39.5 Å². The lowest BCUT2D eigenvalue weighted by molar-refractivity contribution is 0.0283. The van der Waals surface area contributed by atoms with Crippen molar-refractivity contribution in [2.75, 3.05) is 78.9 Å². The summed E-state index contributed by atoms with van der Waals surface area (Å²) in [4.78, 5) is 4.76. The van der Waals surface area contributed by atoms with Crippen LogP contribution in [0, 0.1) is 23.7 Å². The standard InChI is InChI=1S/C42H46N2O4/c1-5-17-37(18-6-1)41(38-19-7-2-8-20-38)47-35-33-45-31-15-13-25-43-27-29-44(30-28-43)26-14-16-32-46-34-36-48-42(39-21-9-3-10-22-39)40-23-11-4-12-24-40/h1-12,17-24,41-42H,25-36H2. The lowest BCUT2D eigenvalue weighted by Gasteiger charge is -2.32. The molecule has 0 saturated carbocycles. The summed E-state index contributed by atoms with van der Waals surface area (Å²) in [7, 11) is 0. The molecule has 1 heterocycles. The fourth-order valence-corrected chi connectivity index (χ4v) is 5.52. The zero-order valence-electron chi connectivity index (χ0n) is 27.7. The van der Waals surface area contributed by atoms with Crippen LogP contribution in [0.2, 0.25) is 0 Å². The Morgan fingerprint density at radius 3 is 1.04 bits per heavy atom. The average molecular weight is 643 g/mol. The van der Waals surface area contributed by atoms with E-state index in [-0.39, 0.29) is 12.2 Å².